The first-order valence-corrected chi connectivity index (χ1v) is 12.0. The largest absolute Gasteiger partial charge is 0.504 e. The fourth-order valence-corrected chi connectivity index (χ4v) is 8.39. The molecule has 3 heteroatoms. The lowest BCUT2D eigenvalue weighted by Crippen LogP contribution is -2.61. The SMILES string of the molecule is CC1=C(O)C(=O)C=C2C1=CC=C1C3(C)CC[C@@]4(C)CC(=O)[C@H](C)CC4[C@]3(C)CC[C@@]21C. The molecule has 0 heterocycles. The van der Waals surface area contributed by atoms with Crippen molar-refractivity contribution in [1.82, 2.24) is 0 Å². The molecular weight excluding hydrogens is 384 g/mol. The second-order valence-corrected chi connectivity index (χ2v) is 12.1. The summed E-state index contributed by atoms with van der Waals surface area (Å²) >= 11 is 0. The molecule has 5 aliphatic rings. The van der Waals surface area contributed by atoms with Crippen LogP contribution in [-0.2, 0) is 9.59 Å². The molecule has 3 saturated carbocycles. The molecule has 0 aromatic heterocycles. The number of hydrogen-bond donors (Lipinski definition) is 1. The lowest BCUT2D eigenvalue weighted by molar-refractivity contribution is -0.161. The summed E-state index contributed by atoms with van der Waals surface area (Å²) in [6.07, 6.45) is 12.2. The van der Waals surface area contributed by atoms with E-state index < -0.39 is 0 Å². The highest BCUT2D eigenvalue weighted by molar-refractivity contribution is 6.06. The molecule has 0 aromatic rings. The van der Waals surface area contributed by atoms with E-state index in [1.54, 1.807) is 6.08 Å². The van der Waals surface area contributed by atoms with Gasteiger partial charge in [-0.1, -0.05) is 52.3 Å². The topological polar surface area (TPSA) is 54.4 Å². The maximum Gasteiger partial charge on any atom is 0.220 e. The van der Waals surface area contributed by atoms with Crippen LogP contribution in [0.15, 0.2) is 46.3 Å². The van der Waals surface area contributed by atoms with Crippen LogP contribution in [0.3, 0.4) is 0 Å². The number of rotatable bonds is 0. The molecular formula is C28H36O3. The van der Waals surface area contributed by atoms with Gasteiger partial charge in [-0.05, 0) is 78.4 Å². The van der Waals surface area contributed by atoms with Gasteiger partial charge in [-0.15, -0.1) is 0 Å². The standard InChI is InChI=1S/C28H36O3/c1-16-13-23-25(3,15-21(16)30)9-11-27(5)22-8-7-18-17(2)24(31)20(29)14-19(18)26(22,4)10-12-28(23,27)6/h7-8,14,16,23,31H,9-13,15H2,1-6H3/t16-,23?,25+,26+,27?,28+/m1/s1. The third-order valence-electron chi connectivity index (χ3n) is 10.7. The summed E-state index contributed by atoms with van der Waals surface area (Å²) in [5.74, 6) is 0.767. The van der Waals surface area contributed by atoms with Crippen LogP contribution in [-0.4, -0.2) is 16.7 Å². The second kappa shape index (κ2) is 6.11. The molecule has 5 aliphatic carbocycles. The smallest absolute Gasteiger partial charge is 0.220 e. The van der Waals surface area contributed by atoms with Crippen molar-refractivity contribution in [3.05, 3.63) is 46.3 Å². The first-order chi connectivity index (χ1) is 14.4. The molecule has 0 spiro atoms. The van der Waals surface area contributed by atoms with E-state index in [0.717, 1.165) is 49.7 Å². The average Bonchev–Trinajstić information content (AvgIpc) is 2.71. The molecule has 3 fully saturated rings. The second-order valence-electron chi connectivity index (χ2n) is 12.1. The molecule has 0 amide bonds. The van der Waals surface area contributed by atoms with Gasteiger partial charge in [-0.3, -0.25) is 9.59 Å². The Labute approximate surface area is 186 Å². The Morgan fingerprint density at radius 2 is 1.71 bits per heavy atom. The molecule has 0 aliphatic heterocycles. The number of aliphatic hydroxyl groups is 1. The Balaban J connectivity index is 1.65. The first-order valence-electron chi connectivity index (χ1n) is 12.0. The van der Waals surface area contributed by atoms with E-state index >= 15 is 0 Å². The highest BCUT2D eigenvalue weighted by Gasteiger charge is 2.66. The molecule has 166 valence electrons. The van der Waals surface area contributed by atoms with Crippen molar-refractivity contribution in [2.75, 3.05) is 0 Å². The Bertz CT molecular complexity index is 1040. The van der Waals surface area contributed by atoms with Crippen molar-refractivity contribution in [2.45, 2.75) is 80.1 Å². The summed E-state index contributed by atoms with van der Waals surface area (Å²) in [5, 5.41) is 10.2. The molecule has 0 radical (unpaired) electrons. The van der Waals surface area contributed by atoms with Crippen LogP contribution >= 0.6 is 0 Å². The summed E-state index contributed by atoms with van der Waals surface area (Å²) in [6, 6.07) is 0. The molecule has 5 rings (SSSR count). The number of hydrogen-bond acceptors (Lipinski definition) is 3. The van der Waals surface area contributed by atoms with Crippen LogP contribution in [0.1, 0.15) is 80.1 Å². The molecule has 0 saturated heterocycles. The third kappa shape index (κ3) is 2.41. The van der Waals surface area contributed by atoms with Crippen LogP contribution in [0, 0.1) is 33.5 Å². The number of allylic oxidation sites excluding steroid dienone is 7. The van der Waals surface area contributed by atoms with Gasteiger partial charge in [0.2, 0.25) is 5.78 Å². The molecule has 0 aromatic carbocycles. The molecule has 1 N–H and O–H groups in total. The van der Waals surface area contributed by atoms with E-state index in [1.807, 2.05) is 6.92 Å². The van der Waals surface area contributed by atoms with Crippen molar-refractivity contribution < 1.29 is 14.7 Å². The molecule has 31 heavy (non-hydrogen) atoms. The van der Waals surface area contributed by atoms with E-state index in [1.165, 1.54) is 5.57 Å². The molecule has 6 atom stereocenters. The summed E-state index contributed by atoms with van der Waals surface area (Å²) in [5.41, 5.74) is 4.37. The van der Waals surface area contributed by atoms with Crippen LogP contribution in [0.25, 0.3) is 0 Å². The third-order valence-corrected chi connectivity index (χ3v) is 10.7. The van der Waals surface area contributed by atoms with Crippen molar-refractivity contribution >= 4 is 11.6 Å². The van der Waals surface area contributed by atoms with E-state index in [0.29, 0.717) is 17.3 Å². The van der Waals surface area contributed by atoms with Gasteiger partial charge in [0.25, 0.3) is 0 Å². The predicted octanol–water partition coefficient (Wildman–Crippen LogP) is 6.42. The van der Waals surface area contributed by atoms with E-state index in [2.05, 4.69) is 46.8 Å². The van der Waals surface area contributed by atoms with Crippen LogP contribution in [0.2, 0.25) is 0 Å². The van der Waals surface area contributed by atoms with Crippen molar-refractivity contribution in [1.29, 1.82) is 0 Å². The van der Waals surface area contributed by atoms with Gasteiger partial charge in [0.1, 0.15) is 5.78 Å². The quantitative estimate of drug-likeness (QED) is 0.492. The zero-order chi connectivity index (χ0) is 22.6. The first kappa shape index (κ1) is 21.0. The summed E-state index contributed by atoms with van der Waals surface area (Å²) in [4.78, 5) is 25.2. The number of carbonyl (C=O) groups is 2. The fourth-order valence-electron chi connectivity index (χ4n) is 8.39. The molecule has 2 unspecified atom stereocenters. The Morgan fingerprint density at radius 3 is 2.42 bits per heavy atom. The minimum atomic E-state index is -0.263. The highest BCUT2D eigenvalue weighted by atomic mass is 16.3. The molecule has 3 nitrogen and oxygen atoms in total. The zero-order valence-electron chi connectivity index (χ0n) is 19.9. The van der Waals surface area contributed by atoms with Gasteiger partial charge in [0, 0.05) is 23.3 Å². The van der Waals surface area contributed by atoms with Crippen molar-refractivity contribution in [3.63, 3.8) is 0 Å². The highest BCUT2D eigenvalue weighted by Crippen LogP contribution is 2.74. The van der Waals surface area contributed by atoms with E-state index in [4.69, 9.17) is 0 Å². The maximum absolute atomic E-state index is 12.6. The van der Waals surface area contributed by atoms with Gasteiger partial charge in [0.05, 0.1) is 0 Å². The average molecular weight is 421 g/mol. The number of Topliss-reactive ketones (excluding diaryl/α,β-unsaturated/α-hetero) is 1. The summed E-state index contributed by atoms with van der Waals surface area (Å²) < 4.78 is 0. The number of ketones is 2. The van der Waals surface area contributed by atoms with Crippen molar-refractivity contribution in [2.24, 2.45) is 33.5 Å². The molecule has 0 bridgehead atoms. The normalized spacial score (nSPS) is 46.8. The lowest BCUT2D eigenvalue weighted by Gasteiger charge is -2.69. The van der Waals surface area contributed by atoms with Gasteiger partial charge in [-0.2, -0.15) is 0 Å². The summed E-state index contributed by atoms with van der Waals surface area (Å²) in [6.45, 7) is 13.6. The van der Waals surface area contributed by atoms with Crippen LogP contribution in [0.4, 0.5) is 0 Å². The number of carbonyl (C=O) groups excluding carboxylic acids is 2. The van der Waals surface area contributed by atoms with Crippen LogP contribution < -0.4 is 0 Å². The van der Waals surface area contributed by atoms with Gasteiger partial charge < -0.3 is 5.11 Å². The minimum Gasteiger partial charge on any atom is -0.504 e. The Morgan fingerprint density at radius 1 is 1.00 bits per heavy atom. The van der Waals surface area contributed by atoms with Crippen LogP contribution in [0.5, 0.6) is 0 Å². The Kier molecular flexibility index (Phi) is 4.14. The summed E-state index contributed by atoms with van der Waals surface area (Å²) in [7, 11) is 0. The predicted molar refractivity (Wildman–Crippen MR) is 122 cm³/mol. The number of fused-ring (bicyclic) bond motifs is 7. The lowest BCUT2D eigenvalue weighted by atomic mass is 9.35. The van der Waals surface area contributed by atoms with Gasteiger partial charge in [0.15, 0.2) is 5.76 Å². The van der Waals surface area contributed by atoms with E-state index in [9.17, 15) is 14.7 Å². The minimum absolute atomic E-state index is 0.0350. The zero-order valence-corrected chi connectivity index (χ0v) is 19.9. The maximum atomic E-state index is 12.6. The van der Waals surface area contributed by atoms with E-state index in [-0.39, 0.29) is 39.1 Å². The fraction of sp³-hybridized carbons (Fsp3) is 0.643. The Hall–Kier alpha value is -1.90. The van der Waals surface area contributed by atoms with Gasteiger partial charge >= 0.3 is 0 Å². The monoisotopic (exact) mass is 420 g/mol. The van der Waals surface area contributed by atoms with Crippen molar-refractivity contribution in [3.8, 4) is 0 Å². The number of aliphatic hydroxyl groups excluding tert-OH is 1. The van der Waals surface area contributed by atoms with Gasteiger partial charge in [-0.25, -0.2) is 0 Å².